The average Bonchev–Trinajstić information content (AvgIpc) is 2.96. The maximum Gasteiger partial charge on any atom is 0.125 e. The van der Waals surface area contributed by atoms with E-state index in [0.29, 0.717) is 44.9 Å². The third-order valence-corrected chi connectivity index (χ3v) is 11.2. The van der Waals surface area contributed by atoms with Crippen LogP contribution in [-0.4, -0.2) is 77.5 Å². The number of aliphatic hydroxyl groups excluding tert-OH is 5. The van der Waals surface area contributed by atoms with Crippen molar-refractivity contribution in [3.8, 4) is 0 Å². The second kappa shape index (κ2) is 8.39. The van der Waals surface area contributed by atoms with Gasteiger partial charge >= 0.3 is 0 Å². The van der Waals surface area contributed by atoms with E-state index in [1.165, 1.54) is 0 Å². The lowest BCUT2D eigenvalue weighted by Gasteiger charge is -2.69. The number of fused-ring (bicyclic) bond motifs is 5. The third kappa shape index (κ3) is 3.33. The van der Waals surface area contributed by atoms with Crippen LogP contribution in [0.5, 0.6) is 0 Å². The lowest BCUT2D eigenvalue weighted by molar-refractivity contribution is -0.337. The van der Waals surface area contributed by atoms with Crippen LogP contribution in [0.4, 0.5) is 0 Å². The molecule has 4 saturated carbocycles. The standard InChI is InChI=1S/C26H46O7/c1-5-15(27)7-6-14(2)16-12-20(30)26(33)24(16,4)11-9-19-23(3)10-8-17(28)22(31)21(23)18(29)13-25(19,26)32/h14-22,27-33H,5-13H2,1-4H3. The van der Waals surface area contributed by atoms with Gasteiger partial charge in [0.15, 0.2) is 0 Å². The van der Waals surface area contributed by atoms with Crippen molar-refractivity contribution in [3.05, 3.63) is 0 Å². The third-order valence-electron chi connectivity index (χ3n) is 11.2. The maximum absolute atomic E-state index is 12.3. The van der Waals surface area contributed by atoms with Gasteiger partial charge in [0, 0.05) is 17.8 Å². The van der Waals surface area contributed by atoms with Gasteiger partial charge in [0.05, 0.1) is 30.5 Å². The van der Waals surface area contributed by atoms with E-state index in [1.54, 1.807) is 0 Å². The number of aliphatic hydroxyl groups is 7. The van der Waals surface area contributed by atoms with Gasteiger partial charge in [-0.3, -0.25) is 0 Å². The average molecular weight is 471 g/mol. The molecular formula is C26H46O7. The summed E-state index contributed by atoms with van der Waals surface area (Å²) in [6.45, 7) is 8.01. The Kier molecular flexibility index (Phi) is 6.56. The fourth-order valence-electron chi connectivity index (χ4n) is 9.28. The van der Waals surface area contributed by atoms with Crippen LogP contribution in [0.25, 0.3) is 0 Å². The SMILES string of the molecule is CCC(O)CCC(C)C1CC(O)C2(O)C1(C)CCC1C3(C)CCC(O)C(O)C3C(O)CC12O. The molecule has 192 valence electrons. The van der Waals surface area contributed by atoms with Crippen molar-refractivity contribution in [2.75, 3.05) is 0 Å². The molecule has 7 heteroatoms. The number of hydrogen-bond acceptors (Lipinski definition) is 7. The van der Waals surface area contributed by atoms with E-state index in [4.69, 9.17) is 0 Å². The summed E-state index contributed by atoms with van der Waals surface area (Å²) < 4.78 is 0. The Labute approximate surface area is 197 Å². The first-order valence-corrected chi connectivity index (χ1v) is 13.1. The number of rotatable bonds is 5. The molecule has 0 saturated heterocycles. The topological polar surface area (TPSA) is 142 Å². The zero-order valence-electron chi connectivity index (χ0n) is 20.7. The minimum absolute atomic E-state index is 0.0204. The summed E-state index contributed by atoms with van der Waals surface area (Å²) in [6, 6.07) is 0. The molecule has 7 nitrogen and oxygen atoms in total. The van der Waals surface area contributed by atoms with Crippen LogP contribution in [0.3, 0.4) is 0 Å². The Morgan fingerprint density at radius 1 is 0.939 bits per heavy atom. The Bertz CT molecular complexity index is 733. The molecule has 7 N–H and O–H groups in total. The fraction of sp³-hybridized carbons (Fsp3) is 1.00. The van der Waals surface area contributed by atoms with Gasteiger partial charge in [0.2, 0.25) is 0 Å². The highest BCUT2D eigenvalue weighted by atomic mass is 16.4. The minimum Gasteiger partial charge on any atom is -0.393 e. The summed E-state index contributed by atoms with van der Waals surface area (Å²) in [5.74, 6) is -0.844. The second-order valence-corrected chi connectivity index (χ2v) is 12.6. The Hall–Kier alpha value is -0.280. The van der Waals surface area contributed by atoms with Crippen LogP contribution >= 0.6 is 0 Å². The molecule has 0 aliphatic heterocycles. The van der Waals surface area contributed by atoms with Crippen LogP contribution in [0, 0.1) is 34.5 Å². The molecule has 0 aromatic heterocycles. The van der Waals surface area contributed by atoms with Crippen molar-refractivity contribution < 1.29 is 35.7 Å². The molecule has 0 amide bonds. The lowest BCUT2D eigenvalue weighted by atomic mass is 9.40. The van der Waals surface area contributed by atoms with E-state index in [2.05, 4.69) is 6.92 Å². The highest BCUT2D eigenvalue weighted by Gasteiger charge is 2.78. The van der Waals surface area contributed by atoms with Crippen LogP contribution in [-0.2, 0) is 0 Å². The largest absolute Gasteiger partial charge is 0.393 e. The molecule has 0 aromatic carbocycles. The van der Waals surface area contributed by atoms with E-state index >= 15 is 0 Å². The van der Waals surface area contributed by atoms with Crippen molar-refractivity contribution in [1.29, 1.82) is 0 Å². The molecule has 0 radical (unpaired) electrons. The first-order chi connectivity index (χ1) is 15.3. The lowest BCUT2D eigenvalue weighted by Crippen LogP contribution is -2.78. The van der Waals surface area contributed by atoms with Gasteiger partial charge in [0.25, 0.3) is 0 Å². The Morgan fingerprint density at radius 3 is 2.24 bits per heavy atom. The van der Waals surface area contributed by atoms with E-state index < -0.39 is 58.3 Å². The van der Waals surface area contributed by atoms with Gasteiger partial charge < -0.3 is 35.7 Å². The first-order valence-electron chi connectivity index (χ1n) is 13.1. The van der Waals surface area contributed by atoms with Crippen molar-refractivity contribution in [1.82, 2.24) is 0 Å². The second-order valence-electron chi connectivity index (χ2n) is 12.6. The van der Waals surface area contributed by atoms with Crippen LogP contribution in [0.1, 0.15) is 85.5 Å². The quantitative estimate of drug-likeness (QED) is 0.321. The summed E-state index contributed by atoms with van der Waals surface area (Å²) in [5.41, 5.74) is -4.86. The summed E-state index contributed by atoms with van der Waals surface area (Å²) in [4.78, 5) is 0. The van der Waals surface area contributed by atoms with E-state index in [9.17, 15) is 35.7 Å². The summed E-state index contributed by atoms with van der Waals surface area (Å²) >= 11 is 0. The Balaban J connectivity index is 1.69. The molecule has 4 aliphatic rings. The molecule has 0 spiro atoms. The first kappa shape index (κ1) is 25.8. The molecule has 13 unspecified atom stereocenters. The zero-order valence-corrected chi connectivity index (χ0v) is 20.7. The molecule has 0 aromatic rings. The van der Waals surface area contributed by atoms with Crippen LogP contribution < -0.4 is 0 Å². The molecule has 0 heterocycles. The predicted molar refractivity (Wildman–Crippen MR) is 123 cm³/mol. The molecule has 0 bridgehead atoms. The van der Waals surface area contributed by atoms with Crippen LogP contribution in [0.15, 0.2) is 0 Å². The normalized spacial score (nSPS) is 55.9. The molecule has 4 fully saturated rings. The maximum atomic E-state index is 12.3. The van der Waals surface area contributed by atoms with Crippen molar-refractivity contribution in [2.24, 2.45) is 34.5 Å². The molecule has 13 atom stereocenters. The Morgan fingerprint density at radius 2 is 1.61 bits per heavy atom. The predicted octanol–water partition coefficient (Wildman–Crippen LogP) is 1.34. The van der Waals surface area contributed by atoms with Gasteiger partial charge in [0.1, 0.15) is 11.2 Å². The summed E-state index contributed by atoms with van der Waals surface area (Å²) in [7, 11) is 0. The van der Waals surface area contributed by atoms with Gasteiger partial charge in [-0.2, -0.15) is 0 Å². The van der Waals surface area contributed by atoms with E-state index in [-0.39, 0.29) is 24.4 Å². The van der Waals surface area contributed by atoms with Crippen LogP contribution in [0.2, 0.25) is 0 Å². The van der Waals surface area contributed by atoms with E-state index in [0.717, 1.165) is 6.42 Å². The smallest absolute Gasteiger partial charge is 0.125 e. The summed E-state index contributed by atoms with van der Waals surface area (Å²) in [6.07, 6.45) is 0.0506. The van der Waals surface area contributed by atoms with Gasteiger partial charge in [-0.15, -0.1) is 0 Å². The highest BCUT2D eigenvalue weighted by molar-refractivity contribution is 5.28. The highest BCUT2D eigenvalue weighted by Crippen LogP contribution is 2.71. The summed E-state index contributed by atoms with van der Waals surface area (Å²) in [5, 5.41) is 78.1. The molecule has 33 heavy (non-hydrogen) atoms. The molecular weight excluding hydrogens is 424 g/mol. The van der Waals surface area contributed by atoms with Crippen molar-refractivity contribution in [3.63, 3.8) is 0 Å². The minimum atomic E-state index is -1.78. The fourth-order valence-corrected chi connectivity index (χ4v) is 9.28. The number of hydrogen-bond donors (Lipinski definition) is 7. The zero-order chi connectivity index (χ0) is 24.6. The monoisotopic (exact) mass is 470 g/mol. The van der Waals surface area contributed by atoms with Crippen molar-refractivity contribution >= 4 is 0 Å². The molecule has 4 aliphatic carbocycles. The van der Waals surface area contributed by atoms with Crippen molar-refractivity contribution in [2.45, 2.75) is 127 Å². The van der Waals surface area contributed by atoms with E-state index in [1.807, 2.05) is 20.8 Å². The van der Waals surface area contributed by atoms with Gasteiger partial charge in [-0.05, 0) is 74.5 Å². The van der Waals surface area contributed by atoms with Gasteiger partial charge in [-0.1, -0.05) is 27.7 Å². The van der Waals surface area contributed by atoms with Gasteiger partial charge in [-0.25, -0.2) is 0 Å². The molecule has 4 rings (SSSR count).